The highest BCUT2D eigenvalue weighted by Gasteiger charge is 2.39. The third-order valence-electron chi connectivity index (χ3n) is 23.3. The lowest BCUT2D eigenvalue weighted by molar-refractivity contribution is 0.0177. The first-order chi connectivity index (χ1) is 62.4. The summed E-state index contributed by atoms with van der Waals surface area (Å²) in [7, 11) is -2.02. The van der Waals surface area contributed by atoms with Gasteiger partial charge in [-0.2, -0.15) is 35.3 Å². The fourth-order valence-corrected chi connectivity index (χ4v) is 18.9. The number of hydrogen-bond acceptors (Lipinski definition) is 25. The van der Waals surface area contributed by atoms with Crippen LogP contribution in [0.4, 0.5) is 56.8 Å². The summed E-state index contributed by atoms with van der Waals surface area (Å²) < 4.78 is 33.8. The van der Waals surface area contributed by atoms with E-state index >= 15 is 0 Å². The number of carbonyl (C=O) groups is 1. The molecular weight excluding hydrogens is 1970 g/mol. The second-order valence-electron chi connectivity index (χ2n) is 36.8. The lowest BCUT2D eigenvalue weighted by atomic mass is 9.73. The van der Waals surface area contributed by atoms with Crippen LogP contribution in [0, 0.1) is 15.7 Å². The highest BCUT2D eigenvalue weighted by molar-refractivity contribution is 14.1. The van der Waals surface area contributed by atoms with E-state index in [1.165, 1.54) is 18.9 Å². The number of piperidine rings is 4. The number of fused-ring (bicyclic) bond motifs is 4. The number of rotatable bonds is 26. The zero-order valence-corrected chi connectivity index (χ0v) is 83.8. The second-order valence-corrected chi connectivity index (χ2v) is 51.6. The molecule has 130 heavy (non-hydrogen) atoms. The predicted octanol–water partition coefficient (Wildman–Crippen LogP) is 17.0. The number of pyridine rings is 4. The molecule has 0 saturated carbocycles. The number of aromatic nitrogens is 20. The summed E-state index contributed by atoms with van der Waals surface area (Å²) >= 11 is 21.1. The van der Waals surface area contributed by atoms with E-state index in [1.807, 2.05) is 169 Å². The van der Waals surface area contributed by atoms with Gasteiger partial charge in [-0.1, -0.05) is 86.7 Å². The van der Waals surface area contributed by atoms with Crippen LogP contribution in [0.1, 0.15) is 83.3 Å². The van der Waals surface area contributed by atoms with Gasteiger partial charge >= 0.3 is 6.09 Å². The number of likely N-dealkylation sites (tertiary alicyclic amines) is 1. The van der Waals surface area contributed by atoms with Crippen molar-refractivity contribution in [3.05, 3.63) is 205 Å². The van der Waals surface area contributed by atoms with Gasteiger partial charge in [0.05, 0.1) is 93.5 Å². The summed E-state index contributed by atoms with van der Waals surface area (Å²) in [5.74, 6) is 2.69. The maximum absolute atomic E-state index is 12.4. The number of amides is 1. The van der Waals surface area contributed by atoms with Crippen molar-refractivity contribution in [2.75, 3.05) is 110 Å². The monoisotopic (exact) mass is 2080 g/mol. The van der Waals surface area contributed by atoms with Gasteiger partial charge in [0.2, 0.25) is 21.7 Å². The van der Waals surface area contributed by atoms with Gasteiger partial charge in [0.1, 0.15) is 19.1 Å². The summed E-state index contributed by atoms with van der Waals surface area (Å²) in [5, 5.41) is 70.6. The number of aliphatic hydroxyl groups is 2. The minimum absolute atomic E-state index is 0.102. The maximum Gasteiger partial charge on any atom is 0.410 e. The fraction of sp³-hybridized carbons (Fsp3) is 0.449. The van der Waals surface area contributed by atoms with Gasteiger partial charge in [0.15, 0.2) is 22.6 Å². The van der Waals surface area contributed by atoms with Gasteiger partial charge in [0.25, 0.3) is 0 Å². The van der Waals surface area contributed by atoms with Crippen LogP contribution >= 0.6 is 77.7 Å². The minimum Gasteiger partial charge on any atom is -0.444 e. The van der Waals surface area contributed by atoms with Crippen molar-refractivity contribution in [2.24, 2.45) is 11.8 Å². The molecule has 4 saturated heterocycles. The summed E-state index contributed by atoms with van der Waals surface area (Å²) in [6, 6.07) is 34.0. The molecule has 0 atom stereocenters. The van der Waals surface area contributed by atoms with Crippen LogP contribution in [0.15, 0.2) is 180 Å². The Balaban J connectivity index is 0.000000142. The first kappa shape index (κ1) is 96.4. The van der Waals surface area contributed by atoms with Crippen molar-refractivity contribution in [1.82, 2.24) is 108 Å². The normalized spacial score (nSPS) is 15.6. The zero-order valence-electron chi connectivity index (χ0n) is 75.0. The van der Waals surface area contributed by atoms with Crippen LogP contribution < -0.4 is 36.8 Å². The Hall–Kier alpha value is -9.67. The SMILES string of the molecule is Brc1cccn2nc(I)nc12.CC(C)(C)OC(=O)N1CCC(Cn2cc(Nc3nc4c(N5CCC(CO)(c6ccc(Cl)cc6)CC5)cccn4n3)cn2)CC1.C[Si](C)(C)CCOCn1cc(N)cn1.C[Si](C)(C)CCOCn1cc(Nc2nc3c(Br)cccn3n2)cn1.OCC1(c2ccc(Cl)cc2)CCN(c2cccn3nc(Nc4cnn(CC5CCNCC5)c4)nc23)CC1. The molecule has 0 spiro atoms. The molecule has 0 radical (unpaired) electrons. The topological polar surface area (TPSA) is 361 Å². The molecule has 34 nitrogen and oxygen atoms in total. The van der Waals surface area contributed by atoms with E-state index in [1.54, 1.807) is 52.6 Å². The molecule has 16 heterocycles. The molecule has 4 aliphatic rings. The number of nitrogens with zero attached hydrogens (tertiary/aromatic N) is 23. The molecule has 2 aromatic carbocycles. The third-order valence-corrected chi connectivity index (χ3v) is 28.9. The highest BCUT2D eigenvalue weighted by Crippen LogP contribution is 2.41. The van der Waals surface area contributed by atoms with Gasteiger partial charge in [-0.25, -0.2) is 37.2 Å². The summed E-state index contributed by atoms with van der Waals surface area (Å²) in [4.78, 5) is 37.2. The second kappa shape index (κ2) is 43.8. The molecule has 0 unspecified atom stereocenters. The van der Waals surface area contributed by atoms with E-state index in [0.717, 1.165) is 185 Å². The number of carbonyl (C=O) groups excluding carboxylic acids is 1. The Kier molecular flexibility index (Phi) is 32.5. The fourth-order valence-electron chi connectivity index (χ4n) is 15.9. The molecule has 0 bridgehead atoms. The zero-order chi connectivity index (χ0) is 91.7. The summed E-state index contributed by atoms with van der Waals surface area (Å²) in [5.41, 5.74) is 15.3. The summed E-state index contributed by atoms with van der Waals surface area (Å²) in [6.45, 7) is 31.0. The minimum atomic E-state index is -1.05. The van der Waals surface area contributed by atoms with E-state index in [4.69, 9.17) is 53.1 Å². The van der Waals surface area contributed by atoms with Gasteiger partial charge in [-0.15, -0.1) is 20.4 Å². The average molecular weight is 2090 g/mol. The van der Waals surface area contributed by atoms with Gasteiger partial charge < -0.3 is 66.1 Å². The van der Waals surface area contributed by atoms with Gasteiger partial charge in [0, 0.05) is 162 Å². The maximum atomic E-state index is 12.4. The standard InChI is InChI=1S/C32H41ClN8O3.C27H33ClN8O.C15H21BrN6OSi.C9H19N3OSi.C6H3BrIN3/c1-31(2,3)44-30(43)39-15-10-23(11-16-39)20-40-21-26(19-34-40)35-29-36-28-27(5-4-14-41(28)37-29)38-17-12-32(22-42,13-18-38)24-6-8-25(33)9-7-24;28-22-5-3-21(4-6-22)27(19-37)9-14-34(15-10-27)24-2-1-13-36-25(24)32-26(33-36)31-23-16-30-35(18-23)17-20-7-11-29-12-8-20;1-24(2,3)8-7-23-11-21-10-12(9-17-21)18-15-19-14-13(16)5-4-6-22(14)20-15;1-14(2,3)5-4-13-8-12-7-9(10)6-11-12;7-4-2-1-3-11-5(4)9-6(8)10-11/h4-9,14,19,21,23,42H,10-13,15-18,20,22H2,1-3H3,(H,35,37);1-6,13,16,18,20,29,37H,7-12,14-15,17,19H2,(H,31,33);4-6,9-10H,7-8,11H2,1-3H3,(H,18,20);6-7H,4-5,8,10H2,1-3H3;1-3H. The lowest BCUT2D eigenvalue weighted by Gasteiger charge is -2.42. The molecular formula is C89H117Br2Cl2IN28O6Si2. The third kappa shape index (κ3) is 26.6. The molecule has 0 aliphatic carbocycles. The Morgan fingerprint density at radius 1 is 0.523 bits per heavy atom. The quantitative estimate of drug-likeness (QED) is 0.0150. The highest BCUT2D eigenvalue weighted by atomic mass is 127. The van der Waals surface area contributed by atoms with Gasteiger partial charge in [-0.3, -0.25) is 9.36 Å². The van der Waals surface area contributed by atoms with Gasteiger partial charge in [-0.05, 0) is 225 Å². The molecule has 18 rings (SSSR count). The Bertz CT molecular complexity index is 5980. The van der Waals surface area contributed by atoms with Crippen LogP contribution in [0.3, 0.4) is 0 Å². The number of nitrogens with two attached hydrogens (primary N) is 1. The van der Waals surface area contributed by atoms with E-state index < -0.39 is 21.7 Å². The van der Waals surface area contributed by atoms with Crippen LogP contribution in [-0.4, -0.2) is 219 Å². The lowest BCUT2D eigenvalue weighted by Crippen LogP contribution is -2.45. The molecule has 1 amide bonds. The smallest absolute Gasteiger partial charge is 0.410 e. The van der Waals surface area contributed by atoms with Crippen molar-refractivity contribution in [3.8, 4) is 0 Å². The number of ether oxygens (including phenoxy) is 3. The van der Waals surface area contributed by atoms with E-state index in [2.05, 4.69) is 188 Å². The van der Waals surface area contributed by atoms with Crippen LogP contribution in [0.2, 0.25) is 61.4 Å². The number of hydrogen-bond donors (Lipinski definition) is 7. The predicted molar refractivity (Wildman–Crippen MR) is 531 cm³/mol. The molecule has 8 N–H and O–H groups in total. The van der Waals surface area contributed by atoms with E-state index in [0.29, 0.717) is 72.0 Å². The first-order valence-electron chi connectivity index (χ1n) is 44.0. The van der Waals surface area contributed by atoms with E-state index in [-0.39, 0.29) is 30.1 Å². The number of nitrogen functional groups attached to an aromatic ring is 1. The van der Waals surface area contributed by atoms with Crippen molar-refractivity contribution < 1.29 is 29.2 Å². The Labute approximate surface area is 799 Å². The average Bonchev–Trinajstić information content (AvgIpc) is 1.44. The number of nitrogens with one attached hydrogen (secondary N) is 4. The van der Waals surface area contributed by atoms with Crippen molar-refractivity contribution in [2.45, 2.75) is 166 Å². The molecule has 14 aromatic rings. The molecule has 4 aliphatic heterocycles. The largest absolute Gasteiger partial charge is 0.444 e. The number of benzene rings is 2. The first-order valence-corrected chi connectivity index (χ1v) is 54.8. The van der Waals surface area contributed by atoms with Crippen molar-refractivity contribution in [3.63, 3.8) is 0 Å². The van der Waals surface area contributed by atoms with Crippen molar-refractivity contribution in [1.29, 1.82) is 0 Å². The number of anilines is 9. The molecule has 692 valence electrons. The van der Waals surface area contributed by atoms with E-state index in [9.17, 15) is 15.0 Å². The molecule has 4 fully saturated rings. The van der Waals surface area contributed by atoms with Crippen LogP contribution in [0.25, 0.3) is 22.6 Å². The van der Waals surface area contributed by atoms with Crippen molar-refractivity contribution >= 4 is 174 Å². The number of aliphatic hydroxyl groups excluding tert-OH is 2. The number of halogens is 5. The Morgan fingerprint density at radius 3 is 1.32 bits per heavy atom. The molecule has 12 aromatic heterocycles. The van der Waals surface area contributed by atoms with Crippen LogP contribution in [-0.2, 0) is 51.6 Å². The summed E-state index contributed by atoms with van der Waals surface area (Å²) in [6.07, 6.45) is 29.5. The molecule has 41 heteroatoms. The van der Waals surface area contributed by atoms with Crippen LogP contribution in [0.5, 0.6) is 0 Å². The Morgan fingerprint density at radius 2 is 0.908 bits per heavy atom.